The highest BCUT2D eigenvalue weighted by atomic mass is 16.3. The summed E-state index contributed by atoms with van der Waals surface area (Å²) in [6.45, 7) is 1.34. The SMILES string of the molecule is O=C(c1cncc(O)c1)N1CCC(CO)C1. The second-order valence-corrected chi connectivity index (χ2v) is 4.02. The quantitative estimate of drug-likeness (QED) is 0.751. The normalized spacial score (nSPS) is 20.1. The molecular weight excluding hydrogens is 208 g/mol. The van der Waals surface area contributed by atoms with E-state index in [-0.39, 0.29) is 24.2 Å². The molecule has 0 aromatic carbocycles. The third-order valence-corrected chi connectivity index (χ3v) is 2.80. The van der Waals surface area contributed by atoms with Crippen molar-refractivity contribution in [3.8, 4) is 5.75 Å². The van der Waals surface area contributed by atoms with Crippen LogP contribution in [0.2, 0.25) is 0 Å². The summed E-state index contributed by atoms with van der Waals surface area (Å²) >= 11 is 0. The van der Waals surface area contributed by atoms with E-state index in [9.17, 15) is 9.90 Å². The molecule has 5 nitrogen and oxygen atoms in total. The molecule has 0 saturated carbocycles. The summed E-state index contributed by atoms with van der Waals surface area (Å²) < 4.78 is 0. The van der Waals surface area contributed by atoms with Gasteiger partial charge in [0.1, 0.15) is 5.75 Å². The third-order valence-electron chi connectivity index (χ3n) is 2.80. The summed E-state index contributed by atoms with van der Waals surface area (Å²) in [7, 11) is 0. The van der Waals surface area contributed by atoms with Crippen LogP contribution in [0.15, 0.2) is 18.5 Å². The predicted molar refractivity (Wildman–Crippen MR) is 57.0 cm³/mol. The van der Waals surface area contributed by atoms with E-state index in [1.54, 1.807) is 4.90 Å². The number of carbonyl (C=O) groups is 1. The van der Waals surface area contributed by atoms with Crippen LogP contribution in [0.25, 0.3) is 0 Å². The molecule has 2 rings (SSSR count). The summed E-state index contributed by atoms with van der Waals surface area (Å²) in [5.41, 5.74) is 0.388. The third kappa shape index (κ3) is 2.14. The van der Waals surface area contributed by atoms with Gasteiger partial charge in [-0.25, -0.2) is 0 Å². The monoisotopic (exact) mass is 222 g/mol. The molecule has 2 heterocycles. The first-order valence-corrected chi connectivity index (χ1v) is 5.25. The number of hydrogen-bond acceptors (Lipinski definition) is 4. The van der Waals surface area contributed by atoms with Crippen molar-refractivity contribution in [2.45, 2.75) is 6.42 Å². The lowest BCUT2D eigenvalue weighted by Crippen LogP contribution is -2.29. The number of rotatable bonds is 2. The van der Waals surface area contributed by atoms with Crippen LogP contribution in [-0.4, -0.2) is 45.7 Å². The fourth-order valence-corrected chi connectivity index (χ4v) is 1.89. The molecule has 16 heavy (non-hydrogen) atoms. The smallest absolute Gasteiger partial charge is 0.255 e. The minimum absolute atomic E-state index is 0.0104. The number of aliphatic hydroxyl groups excluding tert-OH is 1. The Hall–Kier alpha value is -1.62. The Morgan fingerprint density at radius 1 is 1.56 bits per heavy atom. The van der Waals surface area contributed by atoms with Gasteiger partial charge in [-0.1, -0.05) is 0 Å². The van der Waals surface area contributed by atoms with Crippen molar-refractivity contribution in [3.63, 3.8) is 0 Å². The van der Waals surface area contributed by atoms with Gasteiger partial charge in [-0.15, -0.1) is 0 Å². The molecule has 2 N–H and O–H groups in total. The van der Waals surface area contributed by atoms with Crippen molar-refractivity contribution in [2.24, 2.45) is 5.92 Å². The highest BCUT2D eigenvalue weighted by molar-refractivity contribution is 5.94. The molecule has 1 amide bonds. The van der Waals surface area contributed by atoms with Gasteiger partial charge in [0.05, 0.1) is 11.8 Å². The second kappa shape index (κ2) is 4.49. The second-order valence-electron chi connectivity index (χ2n) is 4.02. The first-order valence-electron chi connectivity index (χ1n) is 5.25. The van der Waals surface area contributed by atoms with Crippen LogP contribution < -0.4 is 0 Å². The van der Waals surface area contributed by atoms with E-state index in [4.69, 9.17) is 5.11 Å². The lowest BCUT2D eigenvalue weighted by Gasteiger charge is -2.15. The lowest BCUT2D eigenvalue weighted by atomic mass is 10.1. The van der Waals surface area contributed by atoms with Crippen LogP contribution in [0.1, 0.15) is 16.8 Å². The molecular formula is C11H14N2O3. The first kappa shape index (κ1) is 10.9. The first-order chi connectivity index (χ1) is 7.70. The lowest BCUT2D eigenvalue weighted by molar-refractivity contribution is 0.0781. The molecule has 0 bridgehead atoms. The number of pyridine rings is 1. The molecule has 0 aliphatic carbocycles. The molecule has 1 unspecified atom stereocenters. The summed E-state index contributed by atoms with van der Waals surface area (Å²) in [5, 5.41) is 18.2. The van der Waals surface area contributed by atoms with E-state index in [0.717, 1.165) is 6.42 Å². The number of aromatic hydroxyl groups is 1. The van der Waals surface area contributed by atoms with Crippen molar-refractivity contribution in [1.82, 2.24) is 9.88 Å². The van der Waals surface area contributed by atoms with E-state index in [1.807, 2.05) is 0 Å². The minimum atomic E-state index is -0.139. The van der Waals surface area contributed by atoms with Crippen molar-refractivity contribution in [3.05, 3.63) is 24.0 Å². The largest absolute Gasteiger partial charge is 0.506 e. The Labute approximate surface area is 93.3 Å². The van der Waals surface area contributed by atoms with Gasteiger partial charge in [0.25, 0.3) is 5.91 Å². The Morgan fingerprint density at radius 2 is 2.38 bits per heavy atom. The maximum absolute atomic E-state index is 12.0. The van der Waals surface area contributed by atoms with Gasteiger partial charge in [-0.2, -0.15) is 0 Å². The van der Waals surface area contributed by atoms with Crippen molar-refractivity contribution < 1.29 is 15.0 Å². The minimum Gasteiger partial charge on any atom is -0.506 e. The molecule has 0 radical (unpaired) electrons. The molecule has 1 atom stereocenters. The molecule has 1 aliphatic rings. The number of hydrogen-bond donors (Lipinski definition) is 2. The van der Waals surface area contributed by atoms with Crippen molar-refractivity contribution >= 4 is 5.91 Å². The fraction of sp³-hybridized carbons (Fsp3) is 0.455. The maximum atomic E-state index is 12.0. The number of aliphatic hydroxyl groups is 1. The van der Waals surface area contributed by atoms with Crippen LogP contribution in [-0.2, 0) is 0 Å². The number of aromatic nitrogens is 1. The summed E-state index contributed by atoms with van der Waals surface area (Å²) in [6, 6.07) is 1.40. The standard InChI is InChI=1S/C11H14N2O3/c14-7-8-1-2-13(6-8)11(16)9-3-10(15)5-12-4-9/h3-5,8,14-15H,1-2,6-7H2. The van der Waals surface area contributed by atoms with Gasteiger partial charge in [0.2, 0.25) is 0 Å². The predicted octanol–water partition coefficient (Wildman–Crippen LogP) is 0.242. The van der Waals surface area contributed by atoms with Gasteiger partial charge in [-0.3, -0.25) is 9.78 Å². The molecule has 1 aromatic rings. The van der Waals surface area contributed by atoms with Crippen LogP contribution in [0, 0.1) is 5.92 Å². The molecule has 1 aliphatic heterocycles. The Bertz CT molecular complexity index is 395. The molecule has 86 valence electrons. The Kier molecular flexibility index (Phi) is 3.05. The average Bonchev–Trinajstić information content (AvgIpc) is 2.76. The zero-order valence-corrected chi connectivity index (χ0v) is 8.83. The average molecular weight is 222 g/mol. The number of amides is 1. The van der Waals surface area contributed by atoms with Crippen molar-refractivity contribution in [1.29, 1.82) is 0 Å². The molecule has 1 aromatic heterocycles. The summed E-state index contributed by atoms with van der Waals surface area (Å²) in [5.74, 6) is 0.0253. The highest BCUT2D eigenvalue weighted by Crippen LogP contribution is 2.19. The topological polar surface area (TPSA) is 73.7 Å². The van der Waals surface area contributed by atoms with Gasteiger partial charge >= 0.3 is 0 Å². The summed E-state index contributed by atoms with van der Waals surface area (Å²) in [6.07, 6.45) is 3.56. The van der Waals surface area contributed by atoms with Gasteiger partial charge < -0.3 is 15.1 Å². The van der Waals surface area contributed by atoms with Crippen LogP contribution >= 0.6 is 0 Å². The van der Waals surface area contributed by atoms with Gasteiger partial charge in [-0.05, 0) is 12.5 Å². The van der Waals surface area contributed by atoms with E-state index in [1.165, 1.54) is 18.5 Å². The molecule has 0 spiro atoms. The van der Waals surface area contributed by atoms with E-state index >= 15 is 0 Å². The van der Waals surface area contributed by atoms with Crippen molar-refractivity contribution in [2.75, 3.05) is 19.7 Å². The van der Waals surface area contributed by atoms with E-state index in [2.05, 4.69) is 4.98 Å². The Morgan fingerprint density at radius 3 is 3.00 bits per heavy atom. The fourth-order valence-electron chi connectivity index (χ4n) is 1.89. The summed E-state index contributed by atoms with van der Waals surface area (Å²) in [4.78, 5) is 17.4. The van der Waals surface area contributed by atoms with Gasteiger partial charge in [0.15, 0.2) is 0 Å². The highest BCUT2D eigenvalue weighted by Gasteiger charge is 2.26. The van der Waals surface area contributed by atoms with Crippen LogP contribution in [0.3, 0.4) is 0 Å². The molecule has 1 fully saturated rings. The molecule has 5 heteroatoms. The zero-order chi connectivity index (χ0) is 11.5. The van der Waals surface area contributed by atoms with Gasteiger partial charge in [0, 0.05) is 31.8 Å². The number of carbonyl (C=O) groups excluding carboxylic acids is 1. The van der Waals surface area contributed by atoms with Crippen LogP contribution in [0.5, 0.6) is 5.75 Å². The Balaban J connectivity index is 2.08. The number of nitrogens with zero attached hydrogens (tertiary/aromatic N) is 2. The van der Waals surface area contributed by atoms with E-state index < -0.39 is 0 Å². The zero-order valence-electron chi connectivity index (χ0n) is 8.83. The van der Waals surface area contributed by atoms with E-state index in [0.29, 0.717) is 18.7 Å². The molecule has 1 saturated heterocycles. The number of likely N-dealkylation sites (tertiary alicyclic amines) is 1. The van der Waals surface area contributed by atoms with Crippen LogP contribution in [0.4, 0.5) is 0 Å². The maximum Gasteiger partial charge on any atom is 0.255 e.